The van der Waals surface area contributed by atoms with Gasteiger partial charge in [0.2, 0.25) is 5.60 Å². The zero-order valence-electron chi connectivity index (χ0n) is 16.7. The van der Waals surface area contributed by atoms with Gasteiger partial charge < -0.3 is 21.1 Å². The minimum atomic E-state index is -1.76. The normalized spacial score (nSPS) is 17.8. The summed E-state index contributed by atoms with van der Waals surface area (Å²) in [6, 6.07) is 10.4. The van der Waals surface area contributed by atoms with Crippen molar-refractivity contribution in [1.82, 2.24) is 9.88 Å². The summed E-state index contributed by atoms with van der Waals surface area (Å²) in [6.45, 7) is 2.91. The van der Waals surface area contributed by atoms with E-state index >= 15 is 0 Å². The smallest absolute Gasteiger partial charge is 0.269 e. The zero-order valence-corrected chi connectivity index (χ0v) is 16.7. The average molecular weight is 403 g/mol. The number of amides is 2. The van der Waals surface area contributed by atoms with Crippen LogP contribution in [0.4, 0.5) is 5.69 Å². The highest BCUT2D eigenvalue weighted by Gasteiger charge is 2.42. The van der Waals surface area contributed by atoms with Gasteiger partial charge in [-0.1, -0.05) is 17.9 Å². The van der Waals surface area contributed by atoms with Crippen molar-refractivity contribution in [2.75, 3.05) is 25.5 Å². The molecule has 0 spiro atoms. The third kappa shape index (κ3) is 3.95. The van der Waals surface area contributed by atoms with E-state index < -0.39 is 17.4 Å². The SMILES string of the molecule is CCNc1ccc(-c2ccc(C#N)c(C#C[C@]3(O)CCN(C)C3=O)c2)nc1C(N)=O. The lowest BCUT2D eigenvalue weighted by Gasteiger charge is -2.13. The molecule has 0 saturated carbocycles. The molecule has 1 aliphatic rings. The molecule has 8 nitrogen and oxygen atoms in total. The number of carbonyl (C=O) groups is 2. The molecule has 1 aromatic carbocycles. The summed E-state index contributed by atoms with van der Waals surface area (Å²) in [5, 5.41) is 22.9. The van der Waals surface area contributed by atoms with Gasteiger partial charge in [0.25, 0.3) is 11.8 Å². The molecule has 2 amide bonds. The molecule has 2 aromatic rings. The predicted molar refractivity (Wildman–Crippen MR) is 111 cm³/mol. The second-order valence-corrected chi connectivity index (χ2v) is 6.95. The number of nitriles is 1. The Morgan fingerprint density at radius 1 is 1.37 bits per heavy atom. The summed E-state index contributed by atoms with van der Waals surface area (Å²) < 4.78 is 0. The quantitative estimate of drug-likeness (QED) is 0.655. The van der Waals surface area contributed by atoms with Crippen molar-refractivity contribution in [3.8, 4) is 29.2 Å². The number of anilines is 1. The first-order valence-electron chi connectivity index (χ1n) is 9.39. The van der Waals surface area contributed by atoms with Crippen LogP contribution >= 0.6 is 0 Å². The largest absolute Gasteiger partial charge is 0.383 e. The average Bonchev–Trinajstić information content (AvgIpc) is 3.00. The van der Waals surface area contributed by atoms with E-state index in [0.717, 1.165) is 0 Å². The van der Waals surface area contributed by atoms with E-state index in [-0.39, 0.29) is 12.1 Å². The first-order chi connectivity index (χ1) is 14.3. The predicted octanol–water partition coefficient (Wildman–Crippen LogP) is 1.10. The minimum absolute atomic E-state index is 0.111. The summed E-state index contributed by atoms with van der Waals surface area (Å²) in [4.78, 5) is 29.7. The number of hydrogen-bond donors (Lipinski definition) is 3. The van der Waals surface area contributed by atoms with Crippen LogP contribution in [0.2, 0.25) is 0 Å². The van der Waals surface area contributed by atoms with Crippen LogP contribution in [0.3, 0.4) is 0 Å². The highest BCUT2D eigenvalue weighted by Crippen LogP contribution is 2.25. The standard InChI is InChI=1S/C22H21N5O3/c1-3-25-18-7-6-17(26-19(18)20(24)28)15-4-5-16(13-23)14(12-15)8-9-22(30)10-11-27(2)21(22)29/h4-7,12,25,30H,3,10-11H2,1-2H3,(H2,24,28)/t22-/m0/s1. The van der Waals surface area contributed by atoms with Gasteiger partial charge in [-0.25, -0.2) is 4.98 Å². The van der Waals surface area contributed by atoms with Crippen molar-refractivity contribution in [2.45, 2.75) is 18.9 Å². The highest BCUT2D eigenvalue weighted by molar-refractivity contribution is 5.97. The van der Waals surface area contributed by atoms with Crippen molar-refractivity contribution >= 4 is 17.5 Å². The molecule has 1 fully saturated rings. The summed E-state index contributed by atoms with van der Waals surface area (Å²) in [6.07, 6.45) is 0.201. The third-order valence-corrected chi connectivity index (χ3v) is 4.85. The molecule has 8 heteroatoms. The monoisotopic (exact) mass is 403 g/mol. The van der Waals surface area contributed by atoms with Gasteiger partial charge >= 0.3 is 0 Å². The number of pyridine rings is 1. The molecule has 0 bridgehead atoms. The molecule has 1 aliphatic heterocycles. The van der Waals surface area contributed by atoms with Crippen molar-refractivity contribution in [3.63, 3.8) is 0 Å². The molecule has 30 heavy (non-hydrogen) atoms. The van der Waals surface area contributed by atoms with E-state index in [0.29, 0.717) is 41.2 Å². The molecule has 152 valence electrons. The summed E-state index contributed by atoms with van der Waals surface area (Å²) in [5.74, 6) is 4.28. The van der Waals surface area contributed by atoms with Gasteiger partial charge in [0.15, 0.2) is 5.69 Å². The maximum absolute atomic E-state index is 12.1. The molecule has 0 radical (unpaired) electrons. The van der Waals surface area contributed by atoms with E-state index in [1.165, 1.54) is 4.90 Å². The second-order valence-electron chi connectivity index (χ2n) is 6.95. The van der Waals surface area contributed by atoms with Gasteiger partial charge in [-0.15, -0.1) is 0 Å². The second kappa shape index (κ2) is 8.24. The molecular weight excluding hydrogens is 382 g/mol. The van der Waals surface area contributed by atoms with Crippen LogP contribution in [-0.4, -0.2) is 52.5 Å². The number of nitrogens with two attached hydrogens (primary N) is 1. The van der Waals surface area contributed by atoms with Crippen molar-refractivity contribution < 1.29 is 14.7 Å². The van der Waals surface area contributed by atoms with Gasteiger partial charge in [0.05, 0.1) is 16.9 Å². The van der Waals surface area contributed by atoms with Crippen LogP contribution in [0.1, 0.15) is 35.0 Å². The number of aliphatic hydroxyl groups is 1. The van der Waals surface area contributed by atoms with Gasteiger partial charge in [0, 0.05) is 37.7 Å². The Balaban J connectivity index is 2.04. The molecule has 2 heterocycles. The van der Waals surface area contributed by atoms with Crippen LogP contribution in [0.5, 0.6) is 0 Å². The number of hydrogen-bond acceptors (Lipinski definition) is 6. The van der Waals surface area contributed by atoms with Gasteiger partial charge in [-0.3, -0.25) is 9.59 Å². The molecule has 1 atom stereocenters. The highest BCUT2D eigenvalue weighted by atomic mass is 16.3. The first kappa shape index (κ1) is 20.8. The van der Waals surface area contributed by atoms with Gasteiger partial charge in [0.1, 0.15) is 6.07 Å². The van der Waals surface area contributed by atoms with E-state index in [2.05, 4.69) is 28.2 Å². The lowest BCUT2D eigenvalue weighted by molar-refractivity contribution is -0.137. The van der Waals surface area contributed by atoms with Crippen molar-refractivity contribution in [2.24, 2.45) is 5.73 Å². The van der Waals surface area contributed by atoms with Gasteiger partial charge in [-0.2, -0.15) is 5.26 Å². The van der Waals surface area contributed by atoms with Crippen LogP contribution in [0.15, 0.2) is 30.3 Å². The number of rotatable bonds is 4. The van der Waals surface area contributed by atoms with E-state index in [1.54, 1.807) is 37.4 Å². The molecule has 1 saturated heterocycles. The molecular formula is C22H21N5O3. The van der Waals surface area contributed by atoms with Gasteiger partial charge in [-0.05, 0) is 31.2 Å². The lowest BCUT2D eigenvalue weighted by Crippen LogP contribution is -2.37. The molecule has 1 aromatic heterocycles. The topological polar surface area (TPSA) is 132 Å². The van der Waals surface area contributed by atoms with E-state index in [1.807, 2.05) is 6.92 Å². The lowest BCUT2D eigenvalue weighted by atomic mass is 9.99. The minimum Gasteiger partial charge on any atom is -0.383 e. The number of primary amides is 1. The Hall–Kier alpha value is -3.88. The maximum atomic E-state index is 12.1. The number of carbonyl (C=O) groups excluding carboxylic acids is 2. The van der Waals surface area contributed by atoms with E-state index in [9.17, 15) is 20.0 Å². The Morgan fingerprint density at radius 3 is 2.73 bits per heavy atom. The Morgan fingerprint density at radius 2 is 2.13 bits per heavy atom. The molecule has 3 rings (SSSR count). The summed E-state index contributed by atoms with van der Waals surface area (Å²) >= 11 is 0. The fraction of sp³-hybridized carbons (Fsp3) is 0.273. The molecule has 0 aliphatic carbocycles. The van der Waals surface area contributed by atoms with E-state index in [4.69, 9.17) is 5.73 Å². The first-order valence-corrected chi connectivity index (χ1v) is 9.39. The number of likely N-dealkylation sites (tertiary alicyclic amines) is 1. The number of aromatic nitrogens is 1. The Labute approximate surface area is 174 Å². The third-order valence-electron chi connectivity index (χ3n) is 4.85. The maximum Gasteiger partial charge on any atom is 0.269 e. The van der Waals surface area contributed by atoms with Crippen molar-refractivity contribution in [1.29, 1.82) is 5.26 Å². The Kier molecular flexibility index (Phi) is 5.72. The summed E-state index contributed by atoms with van der Waals surface area (Å²) in [7, 11) is 1.60. The van der Waals surface area contributed by atoms with Crippen LogP contribution in [-0.2, 0) is 4.79 Å². The number of nitrogens with zero attached hydrogens (tertiary/aromatic N) is 3. The molecule has 4 N–H and O–H groups in total. The Bertz CT molecular complexity index is 1130. The van der Waals surface area contributed by atoms with Crippen molar-refractivity contribution in [3.05, 3.63) is 47.2 Å². The van der Waals surface area contributed by atoms with Crippen LogP contribution in [0, 0.1) is 23.2 Å². The number of likely N-dealkylation sites (N-methyl/N-ethyl adjacent to an activating group) is 1. The van der Waals surface area contributed by atoms with Crippen LogP contribution in [0.25, 0.3) is 11.3 Å². The number of benzene rings is 1. The zero-order chi connectivity index (χ0) is 21.9. The van der Waals surface area contributed by atoms with Crippen LogP contribution < -0.4 is 11.1 Å². The summed E-state index contributed by atoms with van der Waals surface area (Å²) in [5.41, 5.74) is 6.08. The fourth-order valence-corrected chi connectivity index (χ4v) is 3.19. The molecule has 0 unspecified atom stereocenters. The fourth-order valence-electron chi connectivity index (χ4n) is 3.19. The number of nitrogens with one attached hydrogen (secondary N) is 1.